The second-order valence-corrected chi connectivity index (χ2v) is 1.09. The fourth-order valence-corrected chi connectivity index (χ4v) is 0.107. The fraction of sp³-hybridized carbons (Fsp3) is 0.800. The van der Waals surface area contributed by atoms with Gasteiger partial charge in [0.05, 0.1) is 1.37 Å². The predicted octanol–water partition coefficient (Wildman–Crippen LogP) is 0.0543. The standard InChI is InChI=1S/C5H11NO2/c1-3(2)4(6)5(7)8/h3-4H,6H2,1-2H3,(H,7,8)/t4-/m0/s1/i1D3,2D3,3D,4D. The highest BCUT2D eigenvalue weighted by atomic mass is 16.4. The van der Waals surface area contributed by atoms with E-state index in [9.17, 15) is 4.79 Å². The van der Waals surface area contributed by atoms with Crippen molar-refractivity contribution < 1.29 is 20.9 Å². The molecule has 3 nitrogen and oxygen atoms in total. The van der Waals surface area contributed by atoms with Crippen molar-refractivity contribution in [3.63, 3.8) is 0 Å². The summed E-state index contributed by atoms with van der Waals surface area (Å²) in [5.74, 6) is -5.80. The minimum Gasteiger partial charge on any atom is -0.480 e. The average molecular weight is 125 g/mol. The van der Waals surface area contributed by atoms with Gasteiger partial charge in [0.2, 0.25) is 0 Å². The lowest BCUT2D eigenvalue weighted by molar-refractivity contribution is -0.139. The predicted molar refractivity (Wildman–Crippen MR) is 30.4 cm³/mol. The Bertz CT molecular complexity index is 278. The molecule has 1 atom stereocenters. The van der Waals surface area contributed by atoms with Crippen LogP contribution in [0.3, 0.4) is 0 Å². The van der Waals surface area contributed by atoms with E-state index in [1.54, 1.807) is 0 Å². The molecule has 0 rings (SSSR count). The Hall–Kier alpha value is -0.570. The molecule has 48 valence electrons. The van der Waals surface area contributed by atoms with Crippen molar-refractivity contribution in [2.75, 3.05) is 0 Å². The van der Waals surface area contributed by atoms with Crippen LogP contribution in [0.2, 0.25) is 0 Å². The molecule has 0 heterocycles. The molecule has 8 heavy (non-hydrogen) atoms. The highest BCUT2D eigenvalue weighted by molar-refractivity contribution is 5.73. The van der Waals surface area contributed by atoms with E-state index in [0.29, 0.717) is 0 Å². The fourth-order valence-electron chi connectivity index (χ4n) is 0.107. The number of rotatable bonds is 2. The highest BCUT2D eigenvalue weighted by Gasteiger charge is 2.14. The van der Waals surface area contributed by atoms with Crippen molar-refractivity contribution in [2.24, 2.45) is 11.6 Å². The van der Waals surface area contributed by atoms with Crippen LogP contribution in [0.25, 0.3) is 0 Å². The monoisotopic (exact) mass is 125 g/mol. The van der Waals surface area contributed by atoms with Crippen molar-refractivity contribution in [3.8, 4) is 0 Å². The molecule has 0 saturated heterocycles. The second kappa shape index (κ2) is 2.67. The SMILES string of the molecule is [2H]C([2H])([2H])C([2H])(C([2H])([2H])[2H])[C@]([2H])(N)C(=O)O. The van der Waals surface area contributed by atoms with Gasteiger partial charge in [0.1, 0.15) is 6.02 Å². The normalized spacial score (nSPS) is 37.1. The molecule has 3 N–H and O–H groups in total. The van der Waals surface area contributed by atoms with Gasteiger partial charge in [-0.3, -0.25) is 4.79 Å². The van der Waals surface area contributed by atoms with Gasteiger partial charge < -0.3 is 10.8 Å². The van der Waals surface area contributed by atoms with Crippen molar-refractivity contribution in [3.05, 3.63) is 0 Å². The van der Waals surface area contributed by atoms with E-state index in [2.05, 4.69) is 0 Å². The van der Waals surface area contributed by atoms with Crippen LogP contribution in [0.15, 0.2) is 0 Å². The van der Waals surface area contributed by atoms with Crippen LogP contribution < -0.4 is 5.73 Å². The first kappa shape index (κ1) is 1.48. The molecule has 0 aliphatic heterocycles. The van der Waals surface area contributed by atoms with Gasteiger partial charge >= 0.3 is 5.97 Å². The van der Waals surface area contributed by atoms with Crippen LogP contribution >= 0.6 is 0 Å². The summed E-state index contributed by atoms with van der Waals surface area (Å²) >= 11 is 0. The molecule has 0 aromatic heterocycles. The lowest BCUT2D eigenvalue weighted by atomic mass is 10.1. The van der Waals surface area contributed by atoms with E-state index < -0.39 is 31.6 Å². The van der Waals surface area contributed by atoms with Gasteiger partial charge in [-0.05, 0) is 5.89 Å². The number of aliphatic carboxylic acids is 1. The summed E-state index contributed by atoms with van der Waals surface area (Å²) in [6.07, 6.45) is 0. The minimum atomic E-state index is -3.61. The van der Waals surface area contributed by atoms with Gasteiger partial charge in [-0.1, -0.05) is 13.7 Å². The molecule has 0 aromatic carbocycles. The Morgan fingerprint density at radius 3 is 2.62 bits per heavy atom. The molecule has 0 aliphatic rings. The first-order valence-corrected chi connectivity index (χ1v) is 1.72. The van der Waals surface area contributed by atoms with Crippen LogP contribution in [0, 0.1) is 5.89 Å². The van der Waals surface area contributed by atoms with E-state index in [4.69, 9.17) is 21.8 Å². The third-order valence-corrected chi connectivity index (χ3v) is 0.500. The van der Waals surface area contributed by atoms with E-state index in [-0.39, 0.29) is 0 Å². The lowest BCUT2D eigenvalue weighted by Crippen LogP contribution is -2.34. The number of nitrogens with two attached hydrogens (primary N) is 1. The molecule has 0 spiro atoms. The molecular weight excluding hydrogens is 106 g/mol. The maximum atomic E-state index is 10.6. The summed E-state index contributed by atoms with van der Waals surface area (Å²) in [5.41, 5.74) is 4.87. The summed E-state index contributed by atoms with van der Waals surface area (Å²) in [7, 11) is 0. The maximum Gasteiger partial charge on any atom is 0.320 e. The largest absolute Gasteiger partial charge is 0.480 e. The van der Waals surface area contributed by atoms with E-state index >= 15 is 0 Å². The van der Waals surface area contributed by atoms with Crippen LogP contribution in [-0.4, -0.2) is 17.1 Å². The molecule has 0 amide bonds. The zero-order valence-electron chi connectivity index (χ0n) is 11.9. The number of carboxylic acid groups (broad SMARTS) is 1. The molecule has 3 heteroatoms. The van der Waals surface area contributed by atoms with Gasteiger partial charge in [0.25, 0.3) is 0 Å². The summed E-state index contributed by atoms with van der Waals surface area (Å²) in [6.45, 7) is -7.07. The molecule has 0 unspecified atom stereocenters. The summed E-state index contributed by atoms with van der Waals surface area (Å²) in [6, 6.07) is -3.47. The quantitative estimate of drug-likeness (QED) is 0.548. The zero-order chi connectivity index (χ0) is 13.6. The lowest BCUT2D eigenvalue weighted by Gasteiger charge is -2.07. The Morgan fingerprint density at radius 1 is 2.00 bits per heavy atom. The minimum absolute atomic E-state index is 2.19. The van der Waals surface area contributed by atoms with Gasteiger partial charge in [0.15, 0.2) is 0 Å². The second-order valence-electron chi connectivity index (χ2n) is 1.09. The van der Waals surface area contributed by atoms with Crippen molar-refractivity contribution in [1.82, 2.24) is 0 Å². The molecule has 0 fully saturated rings. The van der Waals surface area contributed by atoms with Gasteiger partial charge in [-0.25, -0.2) is 0 Å². The van der Waals surface area contributed by atoms with E-state index in [1.807, 2.05) is 0 Å². The summed E-state index contributed by atoms with van der Waals surface area (Å²) in [5, 5.41) is 8.57. The third kappa shape index (κ3) is 1.93. The van der Waals surface area contributed by atoms with E-state index in [0.717, 1.165) is 0 Å². The Kier molecular flexibility index (Phi) is 0.492. The van der Waals surface area contributed by atoms with Gasteiger partial charge in [-0.2, -0.15) is 0 Å². The average Bonchev–Trinajstić information content (AvgIpc) is 1.97. The van der Waals surface area contributed by atoms with Gasteiger partial charge in [0, 0.05) is 9.60 Å². The smallest absolute Gasteiger partial charge is 0.320 e. The van der Waals surface area contributed by atoms with Crippen LogP contribution in [0.4, 0.5) is 0 Å². The molecule has 0 radical (unpaired) electrons. The summed E-state index contributed by atoms with van der Waals surface area (Å²) < 4.78 is 55.9. The van der Waals surface area contributed by atoms with Crippen molar-refractivity contribution in [2.45, 2.75) is 19.7 Å². The van der Waals surface area contributed by atoms with Crippen molar-refractivity contribution in [1.29, 1.82) is 0 Å². The Morgan fingerprint density at radius 2 is 2.50 bits per heavy atom. The first-order chi connectivity index (χ1) is 6.69. The number of carboxylic acids is 1. The van der Waals surface area contributed by atoms with Crippen molar-refractivity contribution >= 4 is 5.97 Å². The molecule has 0 aliphatic carbocycles. The molecule has 0 bridgehead atoms. The first-order valence-electron chi connectivity index (χ1n) is 5.72. The Labute approximate surface area is 59.7 Å². The molecular formula is C5H11NO2. The number of hydrogen-bond acceptors (Lipinski definition) is 2. The van der Waals surface area contributed by atoms with E-state index in [1.165, 1.54) is 0 Å². The highest BCUT2D eigenvalue weighted by Crippen LogP contribution is 1.96. The maximum absolute atomic E-state index is 10.6. The van der Waals surface area contributed by atoms with Crippen LogP contribution in [-0.2, 0) is 4.79 Å². The molecule has 0 saturated carbocycles. The number of carbonyl (C=O) groups is 1. The number of hydrogen-bond donors (Lipinski definition) is 2. The van der Waals surface area contributed by atoms with Gasteiger partial charge in [-0.15, -0.1) is 0 Å². The summed E-state index contributed by atoms with van der Waals surface area (Å²) in [4.78, 5) is 10.6. The third-order valence-electron chi connectivity index (χ3n) is 0.500. The molecule has 0 aromatic rings. The Balaban J connectivity index is 5.91. The zero-order valence-corrected chi connectivity index (χ0v) is 3.93. The van der Waals surface area contributed by atoms with Crippen LogP contribution in [0.5, 0.6) is 0 Å². The topological polar surface area (TPSA) is 63.3 Å². The van der Waals surface area contributed by atoms with Crippen LogP contribution in [0.1, 0.15) is 24.7 Å².